The summed E-state index contributed by atoms with van der Waals surface area (Å²) in [4.78, 5) is 20.9. The van der Waals surface area contributed by atoms with Crippen LogP contribution in [0.4, 0.5) is 11.5 Å². The van der Waals surface area contributed by atoms with Crippen molar-refractivity contribution in [3.63, 3.8) is 0 Å². The molecule has 0 atom stereocenters. The van der Waals surface area contributed by atoms with Crippen LogP contribution >= 0.6 is 0 Å². The highest BCUT2D eigenvalue weighted by molar-refractivity contribution is 5.92. The third kappa shape index (κ3) is 6.55. The fourth-order valence-corrected chi connectivity index (χ4v) is 5.58. The van der Waals surface area contributed by atoms with Crippen LogP contribution in [0.1, 0.15) is 64.0 Å². The molecule has 208 valence electrons. The number of nitrogens with one attached hydrogen (secondary N) is 2. The van der Waals surface area contributed by atoms with Crippen molar-refractivity contribution in [1.82, 2.24) is 25.6 Å². The van der Waals surface area contributed by atoms with E-state index in [1.807, 2.05) is 61.5 Å². The number of hydrogen-bond donors (Lipinski definition) is 2. The minimum atomic E-state index is -0.0557. The standard InChI is InChI=1S/C32H39N7O/c1-5-18-39(25-14-16-32(3,4)17-15-25)29-20-23(21-30(40)33-24-12-10-22(2)11-13-24)19-28(34-29)26-8-6-7-9-27(26)31-35-37-38-36-31/h6-13,19-20,25H,5,14-18,21H2,1-4H3,(H,33,40)(H,35,36,37,38). The van der Waals surface area contributed by atoms with Crippen molar-refractivity contribution >= 4 is 17.4 Å². The SMILES string of the molecule is CCCN(c1cc(CC(=O)Nc2ccc(C)cc2)cc(-c2ccccc2-c2nn[nH]n2)n1)C1CCC(C)(C)CC1. The van der Waals surface area contributed by atoms with Crippen LogP contribution in [-0.4, -0.2) is 44.1 Å². The molecule has 0 spiro atoms. The Hall–Kier alpha value is -4.07. The minimum absolute atomic E-state index is 0.0557. The summed E-state index contributed by atoms with van der Waals surface area (Å²) in [5.74, 6) is 1.38. The molecule has 1 saturated carbocycles. The normalized spacial score (nSPS) is 15.1. The van der Waals surface area contributed by atoms with E-state index in [0.29, 0.717) is 17.3 Å². The van der Waals surface area contributed by atoms with Gasteiger partial charge in [-0.05, 0) is 79.5 Å². The number of carbonyl (C=O) groups excluding carboxylic acids is 1. The Bertz CT molecular complexity index is 1420. The van der Waals surface area contributed by atoms with Gasteiger partial charge in [-0.15, -0.1) is 10.2 Å². The number of carbonyl (C=O) groups is 1. The van der Waals surface area contributed by atoms with Crippen molar-refractivity contribution < 1.29 is 4.79 Å². The van der Waals surface area contributed by atoms with Crippen molar-refractivity contribution in [2.45, 2.75) is 72.3 Å². The molecule has 1 amide bonds. The third-order valence-electron chi connectivity index (χ3n) is 7.87. The molecule has 4 aromatic rings. The van der Waals surface area contributed by atoms with Gasteiger partial charge in [0.2, 0.25) is 11.7 Å². The number of H-pyrrole nitrogens is 1. The maximum atomic E-state index is 13.2. The van der Waals surface area contributed by atoms with E-state index in [-0.39, 0.29) is 12.3 Å². The van der Waals surface area contributed by atoms with Gasteiger partial charge in [-0.25, -0.2) is 4.98 Å². The van der Waals surface area contributed by atoms with Gasteiger partial charge in [0, 0.05) is 29.4 Å². The van der Waals surface area contributed by atoms with Crippen LogP contribution in [0.25, 0.3) is 22.6 Å². The number of rotatable bonds is 9. The first-order valence-corrected chi connectivity index (χ1v) is 14.3. The molecule has 2 heterocycles. The first-order valence-electron chi connectivity index (χ1n) is 14.3. The lowest BCUT2D eigenvalue weighted by atomic mass is 9.75. The predicted molar refractivity (Wildman–Crippen MR) is 160 cm³/mol. The molecule has 8 heteroatoms. The van der Waals surface area contributed by atoms with E-state index in [4.69, 9.17) is 4.98 Å². The Morgan fingerprint density at radius 1 is 1.05 bits per heavy atom. The summed E-state index contributed by atoms with van der Waals surface area (Å²) in [5.41, 5.74) is 5.81. The van der Waals surface area contributed by atoms with E-state index in [1.165, 1.54) is 12.8 Å². The molecular weight excluding hydrogens is 498 g/mol. The van der Waals surface area contributed by atoms with Crippen molar-refractivity contribution in [2.24, 2.45) is 5.41 Å². The number of aromatic amines is 1. The molecule has 1 aliphatic rings. The van der Waals surface area contributed by atoms with Crippen molar-refractivity contribution in [2.75, 3.05) is 16.8 Å². The second-order valence-electron chi connectivity index (χ2n) is 11.7. The van der Waals surface area contributed by atoms with E-state index in [9.17, 15) is 4.79 Å². The van der Waals surface area contributed by atoms with Gasteiger partial charge in [0.15, 0.2) is 0 Å². The largest absolute Gasteiger partial charge is 0.354 e. The molecule has 0 unspecified atom stereocenters. The number of aryl methyl sites for hydroxylation is 1. The van der Waals surface area contributed by atoms with E-state index >= 15 is 0 Å². The summed E-state index contributed by atoms with van der Waals surface area (Å²) in [6.07, 6.45) is 5.95. The molecule has 1 fully saturated rings. The predicted octanol–water partition coefficient (Wildman–Crippen LogP) is 6.60. The van der Waals surface area contributed by atoms with Gasteiger partial charge in [0.25, 0.3) is 0 Å². The fraction of sp³-hybridized carbons (Fsp3) is 0.406. The number of tetrazole rings is 1. The highest BCUT2D eigenvalue weighted by Gasteiger charge is 2.31. The molecule has 0 aliphatic heterocycles. The van der Waals surface area contributed by atoms with E-state index < -0.39 is 0 Å². The second-order valence-corrected chi connectivity index (χ2v) is 11.7. The molecule has 1 aliphatic carbocycles. The monoisotopic (exact) mass is 537 g/mol. The Balaban J connectivity index is 1.52. The smallest absolute Gasteiger partial charge is 0.228 e. The fourth-order valence-electron chi connectivity index (χ4n) is 5.58. The summed E-state index contributed by atoms with van der Waals surface area (Å²) >= 11 is 0. The first-order chi connectivity index (χ1) is 19.3. The van der Waals surface area contributed by atoms with Crippen LogP contribution in [0.3, 0.4) is 0 Å². The van der Waals surface area contributed by atoms with Crippen molar-refractivity contribution in [3.8, 4) is 22.6 Å². The van der Waals surface area contributed by atoms with Gasteiger partial charge in [-0.2, -0.15) is 5.21 Å². The number of hydrogen-bond acceptors (Lipinski definition) is 6. The number of aromatic nitrogens is 5. The van der Waals surface area contributed by atoms with Crippen molar-refractivity contribution in [1.29, 1.82) is 0 Å². The Labute approximate surface area is 236 Å². The molecule has 8 nitrogen and oxygen atoms in total. The number of anilines is 2. The lowest BCUT2D eigenvalue weighted by molar-refractivity contribution is -0.115. The molecule has 0 saturated heterocycles. The molecular formula is C32H39N7O. The molecule has 2 aromatic carbocycles. The molecule has 0 bridgehead atoms. The zero-order valence-corrected chi connectivity index (χ0v) is 23.9. The number of amides is 1. The van der Waals surface area contributed by atoms with Crippen LogP contribution < -0.4 is 10.2 Å². The highest BCUT2D eigenvalue weighted by atomic mass is 16.1. The average molecular weight is 538 g/mol. The number of benzene rings is 2. The van der Waals surface area contributed by atoms with Crippen LogP contribution in [0, 0.1) is 12.3 Å². The molecule has 2 aromatic heterocycles. The van der Waals surface area contributed by atoms with Gasteiger partial charge in [0.05, 0.1) is 12.1 Å². The third-order valence-corrected chi connectivity index (χ3v) is 7.87. The second kappa shape index (κ2) is 12.0. The highest BCUT2D eigenvalue weighted by Crippen LogP contribution is 2.39. The lowest BCUT2D eigenvalue weighted by Crippen LogP contribution is -2.41. The zero-order chi connectivity index (χ0) is 28.1. The zero-order valence-electron chi connectivity index (χ0n) is 23.9. The molecule has 2 N–H and O–H groups in total. The maximum absolute atomic E-state index is 13.2. The summed E-state index contributed by atoms with van der Waals surface area (Å²) in [5, 5.41) is 17.8. The molecule has 0 radical (unpaired) electrons. The van der Waals surface area contributed by atoms with Gasteiger partial charge in [-0.3, -0.25) is 4.79 Å². The maximum Gasteiger partial charge on any atom is 0.228 e. The van der Waals surface area contributed by atoms with Crippen LogP contribution in [0.15, 0.2) is 60.7 Å². The van der Waals surface area contributed by atoms with Crippen LogP contribution in [0.2, 0.25) is 0 Å². The van der Waals surface area contributed by atoms with Gasteiger partial charge >= 0.3 is 0 Å². The van der Waals surface area contributed by atoms with Gasteiger partial charge in [0.1, 0.15) is 5.82 Å². The Kier molecular flexibility index (Phi) is 8.24. The Morgan fingerprint density at radius 2 is 1.77 bits per heavy atom. The summed E-state index contributed by atoms with van der Waals surface area (Å²) in [6.45, 7) is 9.90. The quantitative estimate of drug-likeness (QED) is 0.249. The van der Waals surface area contributed by atoms with E-state index in [0.717, 1.165) is 65.3 Å². The molecule has 40 heavy (non-hydrogen) atoms. The van der Waals surface area contributed by atoms with Gasteiger partial charge < -0.3 is 10.2 Å². The van der Waals surface area contributed by atoms with Gasteiger partial charge in [-0.1, -0.05) is 62.7 Å². The first kappa shape index (κ1) is 27.5. The molecule has 5 rings (SSSR count). The number of pyridine rings is 1. The lowest BCUT2D eigenvalue weighted by Gasteiger charge is -2.41. The van der Waals surface area contributed by atoms with Crippen molar-refractivity contribution in [3.05, 3.63) is 71.8 Å². The minimum Gasteiger partial charge on any atom is -0.354 e. The topological polar surface area (TPSA) is 99.7 Å². The average Bonchev–Trinajstić information content (AvgIpc) is 3.48. The summed E-state index contributed by atoms with van der Waals surface area (Å²) in [7, 11) is 0. The van der Waals surface area contributed by atoms with E-state index in [1.54, 1.807) is 0 Å². The summed E-state index contributed by atoms with van der Waals surface area (Å²) in [6, 6.07) is 20.4. The van der Waals surface area contributed by atoms with E-state index in [2.05, 4.69) is 57.7 Å². The van der Waals surface area contributed by atoms with Crippen LogP contribution in [-0.2, 0) is 11.2 Å². The van der Waals surface area contributed by atoms with Crippen LogP contribution in [0.5, 0.6) is 0 Å². The Morgan fingerprint density at radius 3 is 2.45 bits per heavy atom. The summed E-state index contributed by atoms with van der Waals surface area (Å²) < 4.78 is 0. The number of nitrogens with zero attached hydrogens (tertiary/aromatic N) is 5.